The Morgan fingerprint density at radius 2 is 1.60 bits per heavy atom. The van der Waals surface area contributed by atoms with Crippen molar-refractivity contribution in [1.82, 2.24) is 15.0 Å². The van der Waals surface area contributed by atoms with Crippen molar-refractivity contribution in [2.45, 2.75) is 2.14 Å². The molecule has 1 heterocycles. The van der Waals surface area contributed by atoms with E-state index < -0.39 is 2.14 Å². The fraction of sp³-hybridized carbons (Fsp3) is 0.250. The molecule has 0 saturated heterocycles. The highest BCUT2D eigenvalue weighted by atomic mass is 80.0. The highest BCUT2D eigenvalue weighted by Crippen LogP contribution is 2.41. The van der Waals surface area contributed by atoms with Gasteiger partial charge in [0.25, 0.3) is 0 Å². The lowest BCUT2D eigenvalue weighted by molar-refractivity contribution is 0.949. The molecule has 0 radical (unpaired) electrons. The molecular formula is C4H2Br3N3. The van der Waals surface area contributed by atoms with Crippen molar-refractivity contribution in [3.05, 3.63) is 18.5 Å². The predicted molar refractivity (Wildman–Crippen MR) is 48.3 cm³/mol. The van der Waals surface area contributed by atoms with Crippen LogP contribution in [0.2, 0.25) is 0 Å². The fourth-order valence-electron chi connectivity index (χ4n) is 0.386. The van der Waals surface area contributed by atoms with Gasteiger partial charge in [-0.05, 0) is 0 Å². The summed E-state index contributed by atoms with van der Waals surface area (Å²) in [5.41, 5.74) is 0. The standard InChI is InChI=1S/C4H2Br3N3/c5-4(6,7)3-9-1-8-2-10-3/h1-2H. The van der Waals surface area contributed by atoms with Crippen molar-refractivity contribution >= 4 is 47.8 Å². The summed E-state index contributed by atoms with van der Waals surface area (Å²) in [6.07, 6.45) is 2.86. The van der Waals surface area contributed by atoms with Gasteiger partial charge in [-0.3, -0.25) is 0 Å². The summed E-state index contributed by atoms with van der Waals surface area (Å²) in [6, 6.07) is 0. The number of hydrogen-bond acceptors (Lipinski definition) is 3. The van der Waals surface area contributed by atoms with Gasteiger partial charge in [-0.2, -0.15) is 0 Å². The summed E-state index contributed by atoms with van der Waals surface area (Å²) in [5, 5.41) is 0. The number of alkyl halides is 3. The van der Waals surface area contributed by atoms with Crippen LogP contribution in [0.3, 0.4) is 0 Å². The van der Waals surface area contributed by atoms with E-state index in [-0.39, 0.29) is 0 Å². The average molecular weight is 332 g/mol. The van der Waals surface area contributed by atoms with E-state index in [2.05, 4.69) is 62.7 Å². The normalized spacial score (nSPS) is 11.5. The van der Waals surface area contributed by atoms with E-state index in [9.17, 15) is 0 Å². The molecule has 0 bridgehead atoms. The maximum Gasteiger partial charge on any atom is 0.194 e. The Morgan fingerprint density at radius 3 is 1.90 bits per heavy atom. The van der Waals surface area contributed by atoms with Crippen LogP contribution in [0, 0.1) is 0 Å². The monoisotopic (exact) mass is 329 g/mol. The SMILES string of the molecule is BrC(Br)(Br)c1ncncn1. The summed E-state index contributed by atoms with van der Waals surface area (Å²) in [7, 11) is 0. The molecule has 1 aromatic rings. The van der Waals surface area contributed by atoms with Crippen molar-refractivity contribution in [3.8, 4) is 0 Å². The van der Waals surface area contributed by atoms with Gasteiger partial charge in [0.05, 0.1) is 0 Å². The number of halogens is 3. The topological polar surface area (TPSA) is 38.7 Å². The molecule has 0 aliphatic carbocycles. The molecule has 6 heteroatoms. The third-order valence-corrected chi connectivity index (χ3v) is 1.81. The summed E-state index contributed by atoms with van der Waals surface area (Å²) < 4.78 is -0.532. The predicted octanol–water partition coefficient (Wildman–Crippen LogP) is 2.17. The molecule has 0 saturated carbocycles. The molecule has 1 aromatic heterocycles. The molecule has 0 fully saturated rings. The van der Waals surface area contributed by atoms with E-state index in [4.69, 9.17) is 0 Å². The first kappa shape index (κ1) is 8.55. The maximum atomic E-state index is 3.89. The third kappa shape index (κ3) is 2.25. The highest BCUT2D eigenvalue weighted by molar-refractivity contribution is 9.38. The van der Waals surface area contributed by atoms with Crippen LogP contribution in [-0.4, -0.2) is 15.0 Å². The van der Waals surface area contributed by atoms with Gasteiger partial charge in [0.2, 0.25) is 0 Å². The lowest BCUT2D eigenvalue weighted by Crippen LogP contribution is -2.04. The molecule has 0 aliphatic heterocycles. The van der Waals surface area contributed by atoms with Crippen LogP contribution < -0.4 is 0 Å². The molecule has 0 unspecified atom stereocenters. The van der Waals surface area contributed by atoms with Gasteiger partial charge in [0.1, 0.15) is 12.7 Å². The Labute approximate surface area is 83.1 Å². The van der Waals surface area contributed by atoms with Crippen molar-refractivity contribution in [3.63, 3.8) is 0 Å². The molecule has 0 aliphatic rings. The second-order valence-electron chi connectivity index (χ2n) is 1.46. The van der Waals surface area contributed by atoms with Gasteiger partial charge < -0.3 is 0 Å². The summed E-state index contributed by atoms with van der Waals surface area (Å²) in [4.78, 5) is 11.4. The highest BCUT2D eigenvalue weighted by Gasteiger charge is 2.23. The fourth-order valence-corrected chi connectivity index (χ4v) is 1.000. The number of hydrogen-bond donors (Lipinski definition) is 0. The molecule has 10 heavy (non-hydrogen) atoms. The van der Waals surface area contributed by atoms with Crippen LogP contribution >= 0.6 is 47.8 Å². The largest absolute Gasteiger partial charge is 0.225 e. The van der Waals surface area contributed by atoms with Crippen LogP contribution in [0.15, 0.2) is 12.7 Å². The summed E-state index contributed by atoms with van der Waals surface area (Å²) >= 11 is 9.80. The Morgan fingerprint density at radius 1 is 1.10 bits per heavy atom. The van der Waals surface area contributed by atoms with E-state index in [1.54, 1.807) is 0 Å². The van der Waals surface area contributed by atoms with Crippen molar-refractivity contribution in [2.24, 2.45) is 0 Å². The first-order chi connectivity index (χ1) is 4.61. The number of aromatic nitrogens is 3. The van der Waals surface area contributed by atoms with Gasteiger partial charge >= 0.3 is 0 Å². The second kappa shape index (κ2) is 3.23. The average Bonchev–Trinajstić information content (AvgIpc) is 1.88. The first-order valence-corrected chi connectivity index (χ1v) is 4.68. The van der Waals surface area contributed by atoms with E-state index in [1.165, 1.54) is 12.7 Å². The van der Waals surface area contributed by atoms with Gasteiger partial charge in [0, 0.05) is 0 Å². The lowest BCUT2D eigenvalue weighted by atomic mass is 10.7. The third-order valence-electron chi connectivity index (χ3n) is 0.747. The Kier molecular flexibility index (Phi) is 2.76. The lowest BCUT2D eigenvalue weighted by Gasteiger charge is -2.07. The van der Waals surface area contributed by atoms with Gasteiger partial charge in [-0.25, -0.2) is 15.0 Å². The van der Waals surface area contributed by atoms with Gasteiger partial charge in [-0.15, -0.1) is 0 Å². The first-order valence-electron chi connectivity index (χ1n) is 2.30. The minimum absolute atomic E-state index is 0.532. The van der Waals surface area contributed by atoms with E-state index >= 15 is 0 Å². The molecule has 0 spiro atoms. The summed E-state index contributed by atoms with van der Waals surface area (Å²) in [6.45, 7) is 0. The molecule has 0 amide bonds. The van der Waals surface area contributed by atoms with E-state index in [0.717, 1.165) is 0 Å². The van der Waals surface area contributed by atoms with Crippen LogP contribution in [0.5, 0.6) is 0 Å². The minimum atomic E-state index is -0.532. The zero-order valence-corrected chi connectivity index (χ0v) is 9.39. The number of nitrogens with zero attached hydrogens (tertiary/aromatic N) is 3. The van der Waals surface area contributed by atoms with Crippen LogP contribution in [0.25, 0.3) is 0 Å². The quantitative estimate of drug-likeness (QED) is 0.684. The Balaban J connectivity index is 2.97. The molecular weight excluding hydrogens is 330 g/mol. The van der Waals surface area contributed by atoms with Crippen molar-refractivity contribution in [2.75, 3.05) is 0 Å². The zero-order valence-electron chi connectivity index (χ0n) is 4.63. The maximum absolute atomic E-state index is 3.89. The van der Waals surface area contributed by atoms with Crippen LogP contribution in [0.4, 0.5) is 0 Å². The Bertz CT molecular complexity index is 207. The summed E-state index contributed by atoms with van der Waals surface area (Å²) in [5.74, 6) is 0.586. The molecule has 3 nitrogen and oxygen atoms in total. The smallest absolute Gasteiger partial charge is 0.194 e. The Hall–Kier alpha value is 0.450. The van der Waals surface area contributed by atoms with Crippen molar-refractivity contribution < 1.29 is 0 Å². The van der Waals surface area contributed by atoms with Crippen molar-refractivity contribution in [1.29, 1.82) is 0 Å². The molecule has 0 atom stereocenters. The van der Waals surface area contributed by atoms with Crippen LogP contribution in [0.1, 0.15) is 5.82 Å². The zero-order chi connectivity index (χ0) is 7.61. The number of rotatable bonds is 0. The minimum Gasteiger partial charge on any atom is -0.225 e. The van der Waals surface area contributed by atoms with E-state index in [1.807, 2.05) is 0 Å². The van der Waals surface area contributed by atoms with Gasteiger partial charge in [-0.1, -0.05) is 47.8 Å². The van der Waals surface area contributed by atoms with Gasteiger partial charge in [0.15, 0.2) is 7.97 Å². The molecule has 0 N–H and O–H groups in total. The van der Waals surface area contributed by atoms with E-state index in [0.29, 0.717) is 5.82 Å². The molecule has 1 rings (SSSR count). The van der Waals surface area contributed by atoms with Crippen LogP contribution in [-0.2, 0) is 2.14 Å². The second-order valence-corrected chi connectivity index (χ2v) is 8.22. The molecule has 54 valence electrons. The molecule has 0 aromatic carbocycles.